The van der Waals surface area contributed by atoms with Crippen molar-refractivity contribution in [3.8, 4) is 17.2 Å². The van der Waals surface area contributed by atoms with E-state index in [9.17, 15) is 9.59 Å². The maximum Gasteiger partial charge on any atom is 0.351 e. The minimum absolute atomic E-state index is 0.00613. The van der Waals surface area contributed by atoms with Crippen LogP contribution in [0.25, 0.3) is 11.5 Å². The molecular formula is C34H53NO7Si3. The van der Waals surface area contributed by atoms with Crippen LogP contribution in [0.4, 0.5) is 0 Å². The summed E-state index contributed by atoms with van der Waals surface area (Å²) in [4.78, 5) is 32.9. The van der Waals surface area contributed by atoms with Crippen molar-refractivity contribution in [3.05, 3.63) is 46.4 Å². The van der Waals surface area contributed by atoms with E-state index in [1.54, 1.807) is 24.4 Å². The number of hydrogen-bond donors (Lipinski definition) is 0. The van der Waals surface area contributed by atoms with Crippen molar-refractivity contribution < 1.29 is 27.2 Å². The Balaban J connectivity index is 1.68. The summed E-state index contributed by atoms with van der Waals surface area (Å²) in [6.45, 7) is 27.0. The number of carbonyl (C=O) groups is 1. The molecule has 7 atom stereocenters. The molecule has 2 aliphatic carbocycles. The van der Waals surface area contributed by atoms with Gasteiger partial charge in [-0.05, 0) is 109 Å². The molecule has 0 bridgehead atoms. The highest BCUT2D eigenvalue weighted by Crippen LogP contribution is 2.66. The standard InChI is InChI=1S/C34H53NO7Si3/c1-32-17-16-26(41-44(7,8)9)33(2,21-38-43(4,5)6)25(32)20-27(42-45(10,11)12)34(3)30(32)29(36)28-24(40-34)19-23(39-31(28)37)22-15-13-14-18-35-22/h13-15,18-19,25-27,30H,16-17,20-21H2,1-12H3/t25-,26+,27+,30-,32+,33+,34-/m1/s1. The van der Waals surface area contributed by atoms with Crippen LogP contribution in [-0.4, -0.2) is 60.1 Å². The van der Waals surface area contributed by atoms with Crippen molar-refractivity contribution in [2.75, 3.05) is 6.61 Å². The first-order chi connectivity index (χ1) is 20.6. The molecule has 248 valence electrons. The Morgan fingerprint density at radius 1 is 0.911 bits per heavy atom. The van der Waals surface area contributed by atoms with E-state index in [4.69, 9.17) is 22.4 Å². The van der Waals surface area contributed by atoms with E-state index >= 15 is 0 Å². The lowest BCUT2D eigenvalue weighted by Gasteiger charge is -2.66. The second-order valence-corrected chi connectivity index (χ2v) is 30.5. The molecule has 0 radical (unpaired) electrons. The number of carbonyl (C=O) groups excluding carboxylic acids is 1. The molecular weight excluding hydrogens is 619 g/mol. The van der Waals surface area contributed by atoms with Crippen LogP contribution >= 0.6 is 0 Å². The first kappa shape index (κ1) is 34.4. The highest BCUT2D eigenvalue weighted by atomic mass is 28.4. The normalized spacial score (nSPS) is 33.6. The molecule has 2 saturated carbocycles. The molecule has 0 N–H and O–H groups in total. The number of fused-ring (bicyclic) bond motifs is 4. The molecule has 3 heterocycles. The number of pyridine rings is 1. The van der Waals surface area contributed by atoms with Gasteiger partial charge in [-0.15, -0.1) is 0 Å². The first-order valence-electron chi connectivity index (χ1n) is 16.4. The number of ether oxygens (including phenoxy) is 1. The molecule has 2 aromatic heterocycles. The van der Waals surface area contributed by atoms with Crippen molar-refractivity contribution in [1.29, 1.82) is 0 Å². The van der Waals surface area contributed by atoms with Crippen molar-refractivity contribution >= 4 is 30.7 Å². The first-order valence-corrected chi connectivity index (χ1v) is 26.6. The zero-order valence-electron chi connectivity index (χ0n) is 29.3. The van der Waals surface area contributed by atoms with Crippen molar-refractivity contribution in [2.45, 2.75) is 117 Å². The Morgan fingerprint density at radius 2 is 1.56 bits per heavy atom. The van der Waals surface area contributed by atoms with Gasteiger partial charge in [0.15, 0.2) is 36.5 Å². The van der Waals surface area contributed by atoms with E-state index in [-0.39, 0.29) is 46.4 Å². The van der Waals surface area contributed by atoms with E-state index in [1.807, 2.05) is 13.0 Å². The van der Waals surface area contributed by atoms with Crippen LogP contribution in [0.15, 0.2) is 39.7 Å². The molecule has 1 aliphatic heterocycles. The van der Waals surface area contributed by atoms with Gasteiger partial charge in [0.2, 0.25) is 0 Å². The maximum absolute atomic E-state index is 14.9. The van der Waals surface area contributed by atoms with E-state index < -0.39 is 47.5 Å². The summed E-state index contributed by atoms with van der Waals surface area (Å²) in [5, 5.41) is 0. The number of aromatic nitrogens is 1. The Labute approximate surface area is 272 Å². The summed E-state index contributed by atoms with van der Waals surface area (Å²) >= 11 is 0. The molecule has 0 amide bonds. The zero-order chi connectivity index (χ0) is 33.4. The predicted octanol–water partition coefficient (Wildman–Crippen LogP) is 7.77. The van der Waals surface area contributed by atoms with Gasteiger partial charge in [0, 0.05) is 24.3 Å². The minimum atomic E-state index is -2.12. The van der Waals surface area contributed by atoms with Crippen LogP contribution in [0.3, 0.4) is 0 Å². The van der Waals surface area contributed by atoms with Gasteiger partial charge in [-0.1, -0.05) is 19.9 Å². The summed E-state index contributed by atoms with van der Waals surface area (Å²) in [5.41, 5.74) is -2.04. The quantitative estimate of drug-likeness (QED) is 0.263. The fraction of sp³-hybridized carbons (Fsp3) is 0.676. The number of ketones is 1. The van der Waals surface area contributed by atoms with Crippen LogP contribution in [0.1, 0.15) is 50.4 Å². The Bertz CT molecular complexity index is 1490. The summed E-state index contributed by atoms with van der Waals surface area (Å²) in [7, 11) is -5.91. The third-order valence-corrected chi connectivity index (χ3v) is 13.1. The Morgan fingerprint density at radius 3 is 2.13 bits per heavy atom. The summed E-state index contributed by atoms with van der Waals surface area (Å²) < 4.78 is 33.4. The van der Waals surface area contributed by atoms with Gasteiger partial charge in [-0.2, -0.15) is 0 Å². The molecule has 2 aromatic rings. The van der Waals surface area contributed by atoms with Gasteiger partial charge in [0.1, 0.15) is 22.6 Å². The fourth-order valence-corrected chi connectivity index (χ4v) is 11.5. The average molecular weight is 672 g/mol. The molecule has 2 fully saturated rings. The molecule has 5 rings (SSSR count). The predicted molar refractivity (Wildman–Crippen MR) is 184 cm³/mol. The highest BCUT2D eigenvalue weighted by molar-refractivity contribution is 6.70. The largest absolute Gasteiger partial charge is 0.483 e. The van der Waals surface area contributed by atoms with Gasteiger partial charge >= 0.3 is 5.63 Å². The van der Waals surface area contributed by atoms with Crippen molar-refractivity contribution in [3.63, 3.8) is 0 Å². The molecule has 0 aromatic carbocycles. The molecule has 0 spiro atoms. The second-order valence-electron chi connectivity index (χ2n) is 17.1. The van der Waals surface area contributed by atoms with Crippen molar-refractivity contribution in [2.24, 2.45) is 22.7 Å². The molecule has 0 saturated heterocycles. The number of rotatable bonds is 8. The summed E-state index contributed by atoms with van der Waals surface area (Å²) in [5.74, 6) is -0.265. The fourth-order valence-electron chi connectivity index (χ4n) is 8.35. The van der Waals surface area contributed by atoms with E-state index in [2.05, 4.69) is 77.8 Å². The van der Waals surface area contributed by atoms with Crippen LogP contribution in [-0.2, 0) is 13.3 Å². The summed E-state index contributed by atoms with van der Waals surface area (Å²) in [6, 6.07) is 7.06. The average Bonchev–Trinajstić information content (AvgIpc) is 2.89. The van der Waals surface area contributed by atoms with Crippen LogP contribution < -0.4 is 10.4 Å². The lowest BCUT2D eigenvalue weighted by molar-refractivity contribution is -0.219. The summed E-state index contributed by atoms with van der Waals surface area (Å²) in [6.07, 6.45) is 3.56. The number of hydrogen-bond acceptors (Lipinski definition) is 8. The van der Waals surface area contributed by atoms with Gasteiger partial charge in [0.25, 0.3) is 0 Å². The van der Waals surface area contributed by atoms with Crippen LogP contribution in [0, 0.1) is 22.7 Å². The Kier molecular flexibility index (Phi) is 8.70. The SMILES string of the molecule is C[C@]1(CO[Si](C)(C)C)[C@@H]2C[C@H](O[Si](C)(C)C)[C@@]3(C)Oc4cc(-c5ccccn5)oc(=O)c4C(=O)[C@@H]3[C@@]2(C)CC[C@@H]1O[Si](C)(C)C. The third kappa shape index (κ3) is 6.49. The third-order valence-electron chi connectivity index (χ3n) is 10.1. The maximum atomic E-state index is 14.9. The Hall–Kier alpha value is -1.90. The molecule has 11 heteroatoms. The van der Waals surface area contributed by atoms with E-state index in [1.165, 1.54) is 0 Å². The van der Waals surface area contributed by atoms with Crippen molar-refractivity contribution in [1.82, 2.24) is 4.98 Å². The number of nitrogens with zero attached hydrogens (tertiary/aromatic N) is 1. The molecule has 0 unspecified atom stereocenters. The van der Waals surface area contributed by atoms with Gasteiger partial charge < -0.3 is 22.4 Å². The lowest BCUT2D eigenvalue weighted by atomic mass is 9.43. The smallest absolute Gasteiger partial charge is 0.351 e. The lowest BCUT2D eigenvalue weighted by Crippen LogP contribution is -2.73. The topological polar surface area (TPSA) is 97.1 Å². The van der Waals surface area contributed by atoms with Gasteiger partial charge in [-0.25, -0.2) is 4.79 Å². The minimum Gasteiger partial charge on any atom is -0.483 e. The van der Waals surface area contributed by atoms with Crippen LogP contribution in [0.5, 0.6) is 5.75 Å². The number of Topliss-reactive ketones (excluding diaryl/α,β-unsaturated/α-hetero) is 1. The van der Waals surface area contributed by atoms with Crippen LogP contribution in [0.2, 0.25) is 58.9 Å². The molecule has 8 nitrogen and oxygen atoms in total. The van der Waals surface area contributed by atoms with E-state index in [0.717, 1.165) is 12.8 Å². The van der Waals surface area contributed by atoms with Gasteiger partial charge in [0.05, 0.1) is 18.1 Å². The highest BCUT2D eigenvalue weighted by Gasteiger charge is 2.70. The molecule has 45 heavy (non-hydrogen) atoms. The van der Waals surface area contributed by atoms with Gasteiger partial charge in [-0.3, -0.25) is 9.78 Å². The van der Waals surface area contributed by atoms with E-state index in [0.29, 0.717) is 18.7 Å². The second kappa shape index (κ2) is 11.4. The zero-order valence-corrected chi connectivity index (χ0v) is 32.3. The monoisotopic (exact) mass is 671 g/mol. The molecule has 3 aliphatic rings.